The maximum absolute atomic E-state index is 14.7. The highest BCUT2D eigenvalue weighted by Gasteiger charge is 2.36. The molecule has 1 aliphatic rings. The Morgan fingerprint density at radius 2 is 1.51 bits per heavy atom. The minimum absolute atomic E-state index is 0.00905. The fraction of sp³-hybridized carbons (Fsp3) is 0.278. The Hall–Kier alpha value is -4.05. The lowest BCUT2D eigenvalue weighted by Crippen LogP contribution is -2.54. The van der Waals surface area contributed by atoms with Gasteiger partial charge in [-0.05, 0) is 60.4 Å². The molecule has 4 aromatic carbocycles. The number of methoxy groups -OCH3 is 1. The van der Waals surface area contributed by atoms with Crippen molar-refractivity contribution in [3.05, 3.63) is 124 Å². The number of nitrogens with one attached hydrogen (secondary N) is 1. The van der Waals surface area contributed by atoms with Crippen LogP contribution in [0, 0.1) is 0 Å². The minimum atomic E-state index is -4.31. The van der Waals surface area contributed by atoms with Crippen molar-refractivity contribution in [1.29, 1.82) is 0 Å². The van der Waals surface area contributed by atoms with Crippen LogP contribution in [0.1, 0.15) is 36.8 Å². The van der Waals surface area contributed by atoms with Crippen LogP contribution >= 0.6 is 23.2 Å². The molecule has 5 rings (SSSR count). The minimum Gasteiger partial charge on any atom is -0.497 e. The van der Waals surface area contributed by atoms with Crippen molar-refractivity contribution in [2.75, 3.05) is 18.0 Å². The third-order valence-corrected chi connectivity index (χ3v) is 10.9. The third-order valence-electron chi connectivity index (χ3n) is 8.27. The van der Waals surface area contributed by atoms with Gasteiger partial charge in [0.1, 0.15) is 18.3 Å². The maximum atomic E-state index is 14.7. The first-order valence-electron chi connectivity index (χ1n) is 15.5. The van der Waals surface area contributed by atoms with E-state index in [1.165, 1.54) is 23.1 Å². The molecule has 1 atom stereocenters. The average Bonchev–Trinajstić information content (AvgIpc) is 3.60. The Balaban J connectivity index is 1.59. The molecule has 1 fully saturated rings. The number of amides is 2. The van der Waals surface area contributed by atoms with Gasteiger partial charge in [0.2, 0.25) is 11.8 Å². The first-order valence-corrected chi connectivity index (χ1v) is 17.7. The molecule has 47 heavy (non-hydrogen) atoms. The largest absolute Gasteiger partial charge is 0.497 e. The number of hydrogen-bond acceptors (Lipinski definition) is 5. The van der Waals surface area contributed by atoms with Gasteiger partial charge >= 0.3 is 0 Å². The topological polar surface area (TPSA) is 96.0 Å². The molecule has 1 aliphatic carbocycles. The lowest BCUT2D eigenvalue weighted by Gasteiger charge is -2.34. The molecule has 1 N–H and O–H groups in total. The van der Waals surface area contributed by atoms with Crippen LogP contribution in [0.25, 0.3) is 0 Å². The maximum Gasteiger partial charge on any atom is 0.264 e. The van der Waals surface area contributed by atoms with E-state index in [0.717, 1.165) is 35.6 Å². The summed E-state index contributed by atoms with van der Waals surface area (Å²) >= 11 is 12.9. The van der Waals surface area contributed by atoms with Gasteiger partial charge in [0.25, 0.3) is 10.0 Å². The van der Waals surface area contributed by atoms with Crippen molar-refractivity contribution >= 4 is 50.7 Å². The van der Waals surface area contributed by atoms with Crippen LogP contribution in [0.4, 0.5) is 5.69 Å². The summed E-state index contributed by atoms with van der Waals surface area (Å²) < 4.78 is 34.8. The molecule has 1 saturated carbocycles. The second-order valence-electron chi connectivity index (χ2n) is 11.5. The summed E-state index contributed by atoms with van der Waals surface area (Å²) in [6, 6.07) is 28.2. The van der Waals surface area contributed by atoms with Crippen molar-refractivity contribution < 1.29 is 22.7 Å². The molecule has 0 spiro atoms. The Bertz CT molecular complexity index is 1790. The summed E-state index contributed by atoms with van der Waals surface area (Å²) in [5.41, 5.74) is 1.62. The van der Waals surface area contributed by atoms with E-state index in [9.17, 15) is 18.0 Å². The fourth-order valence-electron chi connectivity index (χ4n) is 5.81. The van der Waals surface area contributed by atoms with Crippen molar-refractivity contribution in [1.82, 2.24) is 10.2 Å². The van der Waals surface area contributed by atoms with Crippen LogP contribution in [0.2, 0.25) is 10.0 Å². The summed E-state index contributed by atoms with van der Waals surface area (Å²) in [5, 5.41) is 3.29. The quantitative estimate of drug-likeness (QED) is 0.164. The highest BCUT2D eigenvalue weighted by Crippen LogP contribution is 2.35. The van der Waals surface area contributed by atoms with Gasteiger partial charge in [-0.25, -0.2) is 8.42 Å². The summed E-state index contributed by atoms with van der Waals surface area (Å²) in [6.45, 7) is -0.614. The van der Waals surface area contributed by atoms with Crippen molar-refractivity contribution in [2.45, 2.75) is 55.6 Å². The number of nitrogens with zero attached hydrogens (tertiary/aromatic N) is 2. The average molecular weight is 695 g/mol. The lowest BCUT2D eigenvalue weighted by atomic mass is 10.0. The SMILES string of the molecule is COc1cccc(CN(C(=O)CN(c2cccc(Cl)c2Cl)S(=O)(=O)c2ccccc2)[C@H](Cc2ccccc2)C(=O)NC2CCCC2)c1. The number of sulfonamides is 1. The monoisotopic (exact) mass is 693 g/mol. The number of carbonyl (C=O) groups excluding carboxylic acids is 2. The molecule has 2 amide bonds. The molecule has 0 heterocycles. The van der Waals surface area contributed by atoms with E-state index in [-0.39, 0.29) is 45.5 Å². The van der Waals surface area contributed by atoms with Crippen LogP contribution in [-0.4, -0.2) is 50.9 Å². The van der Waals surface area contributed by atoms with Crippen LogP contribution in [-0.2, 0) is 32.6 Å². The van der Waals surface area contributed by atoms with Gasteiger partial charge in [0, 0.05) is 19.0 Å². The van der Waals surface area contributed by atoms with E-state index in [1.807, 2.05) is 36.4 Å². The molecule has 0 unspecified atom stereocenters. The van der Waals surface area contributed by atoms with E-state index < -0.39 is 28.5 Å². The third kappa shape index (κ3) is 8.46. The zero-order chi connectivity index (χ0) is 33.4. The first kappa shape index (κ1) is 34.3. The molecular weight excluding hydrogens is 657 g/mol. The molecule has 0 radical (unpaired) electrons. The Morgan fingerprint density at radius 3 is 2.19 bits per heavy atom. The molecule has 0 aliphatic heterocycles. The number of hydrogen-bond donors (Lipinski definition) is 1. The lowest BCUT2D eigenvalue weighted by molar-refractivity contribution is -0.140. The number of anilines is 1. The Morgan fingerprint density at radius 1 is 0.872 bits per heavy atom. The molecular formula is C36H37Cl2N3O5S. The predicted molar refractivity (Wildman–Crippen MR) is 185 cm³/mol. The standard InChI is InChI=1S/C36H37Cl2N3O5S/c1-46-29-17-10-14-27(22-29)24-40(33(23-26-12-4-2-5-13-26)36(43)39-28-15-8-9-16-28)34(42)25-41(32-21-11-20-31(37)35(32)38)47(44,45)30-18-6-3-7-19-30/h2-7,10-14,17-22,28,33H,8-9,15-16,23-25H2,1H3,(H,39,43)/t33-/m1/s1. The van der Waals surface area contributed by atoms with Crippen LogP contribution < -0.4 is 14.4 Å². The molecule has 8 nitrogen and oxygen atoms in total. The van der Waals surface area contributed by atoms with Crippen molar-refractivity contribution in [3.8, 4) is 5.75 Å². The van der Waals surface area contributed by atoms with Gasteiger partial charge in [0.15, 0.2) is 0 Å². The van der Waals surface area contributed by atoms with E-state index in [2.05, 4.69) is 5.32 Å². The summed E-state index contributed by atoms with van der Waals surface area (Å²) in [4.78, 5) is 30.2. The predicted octanol–water partition coefficient (Wildman–Crippen LogP) is 6.90. The van der Waals surface area contributed by atoms with Gasteiger partial charge < -0.3 is 15.0 Å². The van der Waals surface area contributed by atoms with Gasteiger partial charge in [-0.15, -0.1) is 0 Å². The number of benzene rings is 4. The Labute approximate surface area is 286 Å². The highest BCUT2D eigenvalue weighted by molar-refractivity contribution is 7.92. The number of rotatable bonds is 13. The van der Waals surface area contributed by atoms with E-state index in [0.29, 0.717) is 11.3 Å². The fourth-order valence-corrected chi connectivity index (χ4v) is 7.70. The van der Waals surface area contributed by atoms with Crippen LogP contribution in [0.5, 0.6) is 5.75 Å². The molecule has 0 saturated heterocycles. The van der Waals surface area contributed by atoms with Crippen LogP contribution in [0.3, 0.4) is 0 Å². The first-order chi connectivity index (χ1) is 22.7. The van der Waals surface area contributed by atoms with Crippen LogP contribution in [0.15, 0.2) is 108 Å². The number of halogens is 2. The zero-order valence-corrected chi connectivity index (χ0v) is 28.3. The smallest absolute Gasteiger partial charge is 0.264 e. The number of ether oxygens (including phenoxy) is 1. The molecule has 246 valence electrons. The van der Waals surface area contributed by atoms with Gasteiger partial charge in [-0.2, -0.15) is 0 Å². The summed E-state index contributed by atoms with van der Waals surface area (Å²) in [6.07, 6.45) is 3.99. The van der Waals surface area contributed by atoms with E-state index in [1.54, 1.807) is 55.6 Å². The van der Waals surface area contributed by atoms with E-state index in [4.69, 9.17) is 27.9 Å². The Kier molecular flexibility index (Phi) is 11.4. The molecule has 0 bridgehead atoms. The van der Waals surface area contributed by atoms with E-state index >= 15 is 0 Å². The van der Waals surface area contributed by atoms with Crippen molar-refractivity contribution in [3.63, 3.8) is 0 Å². The van der Waals surface area contributed by atoms with Crippen molar-refractivity contribution in [2.24, 2.45) is 0 Å². The molecule has 11 heteroatoms. The second-order valence-corrected chi connectivity index (χ2v) is 14.1. The highest BCUT2D eigenvalue weighted by atomic mass is 35.5. The summed E-state index contributed by atoms with van der Waals surface area (Å²) in [7, 11) is -2.75. The normalized spacial score (nSPS) is 13.9. The number of carbonyl (C=O) groups is 2. The molecule has 4 aromatic rings. The van der Waals surface area contributed by atoms with Gasteiger partial charge in [-0.3, -0.25) is 13.9 Å². The summed E-state index contributed by atoms with van der Waals surface area (Å²) in [5.74, 6) is -0.301. The zero-order valence-electron chi connectivity index (χ0n) is 26.0. The van der Waals surface area contributed by atoms with Gasteiger partial charge in [-0.1, -0.05) is 103 Å². The molecule has 0 aromatic heterocycles. The van der Waals surface area contributed by atoms with Gasteiger partial charge in [0.05, 0.1) is 27.7 Å². The second kappa shape index (κ2) is 15.7.